The number of carbonyl (C=O) groups is 2. The molecule has 136 valence electrons. The van der Waals surface area contributed by atoms with Crippen LogP contribution in [0.15, 0.2) is 24.3 Å². The van der Waals surface area contributed by atoms with E-state index in [1.165, 1.54) is 25.3 Å². The third-order valence-corrected chi connectivity index (χ3v) is 4.23. The van der Waals surface area contributed by atoms with E-state index in [0.29, 0.717) is 5.56 Å². The van der Waals surface area contributed by atoms with Gasteiger partial charge in [0.1, 0.15) is 0 Å². The minimum absolute atomic E-state index is 0.133. The molecule has 1 amide bonds. The summed E-state index contributed by atoms with van der Waals surface area (Å²) >= 11 is 0. The Bertz CT molecular complexity index is 664. The van der Waals surface area contributed by atoms with Crippen molar-refractivity contribution in [3.63, 3.8) is 0 Å². The molecule has 1 N–H and O–H groups in total. The first kappa shape index (κ1) is 18.8. The molecular formula is C16H20N2O7. The van der Waals surface area contributed by atoms with Gasteiger partial charge in [0.15, 0.2) is 0 Å². The van der Waals surface area contributed by atoms with Crippen molar-refractivity contribution in [1.82, 2.24) is 5.06 Å². The highest BCUT2D eigenvalue weighted by Gasteiger charge is 2.50. The summed E-state index contributed by atoms with van der Waals surface area (Å²) in [5, 5.41) is 21.9. The van der Waals surface area contributed by atoms with Gasteiger partial charge < -0.3 is 9.84 Å². The Morgan fingerprint density at radius 1 is 1.44 bits per heavy atom. The van der Waals surface area contributed by atoms with Crippen molar-refractivity contribution >= 4 is 17.6 Å². The monoisotopic (exact) mass is 352 g/mol. The summed E-state index contributed by atoms with van der Waals surface area (Å²) in [4.78, 5) is 40.0. The zero-order valence-corrected chi connectivity index (χ0v) is 14.0. The smallest absolute Gasteiger partial charge is 0.306 e. The van der Waals surface area contributed by atoms with E-state index < -0.39 is 34.7 Å². The second-order valence-electron chi connectivity index (χ2n) is 5.61. The Morgan fingerprint density at radius 3 is 2.72 bits per heavy atom. The quantitative estimate of drug-likeness (QED) is 0.445. The number of esters is 1. The Kier molecular flexibility index (Phi) is 6.05. The Labute approximate surface area is 144 Å². The van der Waals surface area contributed by atoms with Gasteiger partial charge in [-0.05, 0) is 12.5 Å². The van der Waals surface area contributed by atoms with Crippen molar-refractivity contribution in [2.45, 2.75) is 19.4 Å². The van der Waals surface area contributed by atoms with E-state index in [9.17, 15) is 24.8 Å². The maximum atomic E-state index is 12.6. The first-order valence-corrected chi connectivity index (χ1v) is 7.82. The number of non-ortho nitro benzene ring substituents is 1. The number of aliphatic hydroxyl groups is 1. The number of ether oxygens (including phenoxy) is 1. The minimum Gasteiger partial charge on any atom is -0.466 e. The second-order valence-corrected chi connectivity index (χ2v) is 5.61. The summed E-state index contributed by atoms with van der Waals surface area (Å²) < 4.78 is 4.88. The van der Waals surface area contributed by atoms with E-state index in [2.05, 4.69) is 0 Å². The molecule has 1 fully saturated rings. The average Bonchev–Trinajstić information content (AvgIpc) is 2.86. The van der Waals surface area contributed by atoms with Crippen LogP contribution in [0.1, 0.15) is 24.9 Å². The molecule has 1 saturated heterocycles. The van der Waals surface area contributed by atoms with Gasteiger partial charge in [-0.25, -0.2) is 5.06 Å². The molecular weight excluding hydrogens is 332 g/mol. The van der Waals surface area contributed by atoms with Crippen LogP contribution >= 0.6 is 0 Å². The van der Waals surface area contributed by atoms with Gasteiger partial charge in [-0.3, -0.25) is 24.5 Å². The number of carbonyl (C=O) groups excluding carboxylic acids is 2. The van der Waals surface area contributed by atoms with Crippen molar-refractivity contribution in [1.29, 1.82) is 0 Å². The molecule has 1 aromatic rings. The summed E-state index contributed by atoms with van der Waals surface area (Å²) in [6.45, 7) is 1.46. The van der Waals surface area contributed by atoms with Gasteiger partial charge in [0.05, 0.1) is 37.0 Å². The topological polar surface area (TPSA) is 119 Å². The molecule has 0 spiro atoms. The number of rotatable bonds is 7. The number of aliphatic hydroxyl groups excluding tert-OH is 1. The molecule has 25 heavy (non-hydrogen) atoms. The molecule has 1 aromatic carbocycles. The van der Waals surface area contributed by atoms with Crippen LogP contribution < -0.4 is 0 Å². The fourth-order valence-corrected chi connectivity index (χ4v) is 3.15. The molecule has 0 saturated carbocycles. The predicted octanol–water partition coefficient (Wildman–Crippen LogP) is 1.22. The fraction of sp³-hybridized carbons (Fsp3) is 0.500. The highest BCUT2D eigenvalue weighted by Crippen LogP contribution is 2.43. The summed E-state index contributed by atoms with van der Waals surface area (Å²) in [6.07, 6.45) is -0.191. The molecule has 2 rings (SSSR count). The van der Waals surface area contributed by atoms with Gasteiger partial charge in [-0.2, -0.15) is 0 Å². The lowest BCUT2D eigenvalue weighted by molar-refractivity contribution is -0.385. The standard InChI is InChI=1S/C16H20N2O7/c1-3-25-14(20)8-12-13(9-19)15(17(24-2)16(12)21)10-5-4-6-11(7-10)18(22)23/h4-7,12-13,15,19H,3,8-9H2,1-2H3/t12-,13-,15+/m0/s1. The number of amides is 1. The lowest BCUT2D eigenvalue weighted by Crippen LogP contribution is -2.29. The summed E-state index contributed by atoms with van der Waals surface area (Å²) in [6, 6.07) is 5.05. The number of hydrogen-bond acceptors (Lipinski definition) is 7. The summed E-state index contributed by atoms with van der Waals surface area (Å²) in [7, 11) is 1.30. The molecule has 1 heterocycles. The molecule has 1 aliphatic rings. The van der Waals surface area contributed by atoms with Crippen LogP contribution in [0.5, 0.6) is 0 Å². The molecule has 3 atom stereocenters. The lowest BCUT2D eigenvalue weighted by Gasteiger charge is -2.25. The maximum Gasteiger partial charge on any atom is 0.306 e. The molecule has 9 nitrogen and oxygen atoms in total. The molecule has 1 aliphatic heterocycles. The Morgan fingerprint density at radius 2 is 2.16 bits per heavy atom. The largest absolute Gasteiger partial charge is 0.466 e. The van der Waals surface area contributed by atoms with Gasteiger partial charge >= 0.3 is 5.97 Å². The molecule has 0 bridgehead atoms. The number of hydrogen-bond donors (Lipinski definition) is 1. The normalized spacial score (nSPS) is 22.9. The highest BCUT2D eigenvalue weighted by atomic mass is 16.7. The van der Waals surface area contributed by atoms with Crippen molar-refractivity contribution in [3.05, 3.63) is 39.9 Å². The van der Waals surface area contributed by atoms with Gasteiger partial charge in [-0.15, -0.1) is 0 Å². The fourth-order valence-electron chi connectivity index (χ4n) is 3.15. The van der Waals surface area contributed by atoms with Gasteiger partial charge in [0, 0.05) is 24.7 Å². The number of nitro benzene ring substituents is 1. The van der Waals surface area contributed by atoms with Crippen molar-refractivity contribution in [2.75, 3.05) is 20.3 Å². The van der Waals surface area contributed by atoms with Crippen LogP contribution in [0.25, 0.3) is 0 Å². The minimum atomic E-state index is -0.826. The van der Waals surface area contributed by atoms with E-state index in [4.69, 9.17) is 9.57 Å². The van der Waals surface area contributed by atoms with E-state index in [0.717, 1.165) is 5.06 Å². The first-order chi connectivity index (χ1) is 11.9. The molecule has 0 radical (unpaired) electrons. The second kappa shape index (κ2) is 8.04. The molecule has 0 unspecified atom stereocenters. The maximum absolute atomic E-state index is 12.6. The third kappa shape index (κ3) is 3.77. The van der Waals surface area contributed by atoms with E-state index in [1.807, 2.05) is 0 Å². The van der Waals surface area contributed by atoms with Crippen LogP contribution in [0.3, 0.4) is 0 Å². The van der Waals surface area contributed by atoms with Gasteiger partial charge in [0.2, 0.25) is 0 Å². The zero-order valence-electron chi connectivity index (χ0n) is 14.0. The first-order valence-electron chi connectivity index (χ1n) is 7.82. The highest BCUT2D eigenvalue weighted by molar-refractivity contribution is 5.86. The summed E-state index contributed by atoms with van der Waals surface area (Å²) in [5.74, 6) is -2.49. The predicted molar refractivity (Wildman–Crippen MR) is 85.0 cm³/mol. The molecule has 0 aromatic heterocycles. The van der Waals surface area contributed by atoms with E-state index >= 15 is 0 Å². The molecule has 0 aliphatic carbocycles. The Hall–Kier alpha value is -2.52. The summed E-state index contributed by atoms with van der Waals surface area (Å²) in [5.41, 5.74) is 0.321. The van der Waals surface area contributed by atoms with Crippen molar-refractivity contribution in [3.8, 4) is 0 Å². The van der Waals surface area contributed by atoms with Gasteiger partial charge in [0.25, 0.3) is 11.6 Å². The number of nitro groups is 1. The zero-order chi connectivity index (χ0) is 18.6. The van der Waals surface area contributed by atoms with E-state index in [1.54, 1.807) is 13.0 Å². The van der Waals surface area contributed by atoms with Crippen molar-refractivity contribution in [2.24, 2.45) is 11.8 Å². The number of benzene rings is 1. The van der Waals surface area contributed by atoms with Crippen LogP contribution in [0, 0.1) is 22.0 Å². The average molecular weight is 352 g/mol. The number of hydroxylamine groups is 2. The Balaban J connectivity index is 2.38. The lowest BCUT2D eigenvalue weighted by atomic mass is 9.85. The van der Waals surface area contributed by atoms with Crippen LogP contribution in [-0.2, 0) is 19.2 Å². The van der Waals surface area contributed by atoms with Crippen LogP contribution in [0.4, 0.5) is 5.69 Å². The van der Waals surface area contributed by atoms with E-state index in [-0.39, 0.29) is 25.3 Å². The van der Waals surface area contributed by atoms with Crippen LogP contribution in [0.2, 0.25) is 0 Å². The number of nitrogens with zero attached hydrogens (tertiary/aromatic N) is 2. The van der Waals surface area contributed by atoms with Crippen LogP contribution in [-0.4, -0.2) is 47.3 Å². The third-order valence-electron chi connectivity index (χ3n) is 4.23. The SMILES string of the molecule is CCOC(=O)C[C@@H]1C(=O)N(OC)[C@H](c2cccc([N+](=O)[O-])c2)[C@H]1CO. The van der Waals surface area contributed by atoms with Crippen molar-refractivity contribution < 1.29 is 29.2 Å². The molecule has 9 heteroatoms. The van der Waals surface area contributed by atoms with Gasteiger partial charge in [-0.1, -0.05) is 12.1 Å².